The third-order valence-corrected chi connectivity index (χ3v) is 16.1. The number of aliphatic hydroxyl groups excluding tert-OH is 1. The summed E-state index contributed by atoms with van der Waals surface area (Å²) >= 11 is 1.78. The van der Waals surface area contributed by atoms with Crippen LogP contribution in [-0.4, -0.2) is 39.0 Å². The van der Waals surface area contributed by atoms with E-state index in [9.17, 15) is 9.90 Å². The molecule has 0 spiro atoms. The average molecular weight is 570 g/mol. The minimum absolute atomic E-state index is 0.0310. The van der Waals surface area contributed by atoms with Gasteiger partial charge in [-0.3, -0.25) is 9.48 Å². The van der Waals surface area contributed by atoms with Gasteiger partial charge in [-0.05, 0) is 21.7 Å². The first-order chi connectivity index (χ1) is 19.0. The number of hydrogen-bond acceptors (Lipinski definition) is 4. The number of aromatic nitrogens is 2. The molecule has 0 saturated carbocycles. The summed E-state index contributed by atoms with van der Waals surface area (Å²) in [5, 5.41) is 15.7. The van der Waals surface area contributed by atoms with Gasteiger partial charge in [-0.25, -0.2) is 0 Å². The SMILES string of the molecule is Cn1cc(C(O)C2C(=O)N([Si](C)(C)C(C)(C)C)C2SC(c2ccccc2)(c2ccccc2)c2ccccc2)cn1. The molecule has 0 radical (unpaired) electrons. The van der Waals surface area contributed by atoms with Crippen molar-refractivity contribution in [3.63, 3.8) is 0 Å². The Balaban J connectivity index is 1.72. The van der Waals surface area contributed by atoms with Crippen molar-refractivity contribution >= 4 is 25.9 Å². The lowest BCUT2D eigenvalue weighted by atomic mass is 9.84. The molecule has 7 heteroatoms. The zero-order valence-corrected chi connectivity index (χ0v) is 26.0. The van der Waals surface area contributed by atoms with Gasteiger partial charge < -0.3 is 9.67 Å². The predicted molar refractivity (Wildman–Crippen MR) is 166 cm³/mol. The summed E-state index contributed by atoms with van der Waals surface area (Å²) in [4.78, 5) is 14.1. The number of benzene rings is 3. The largest absolute Gasteiger partial charge is 0.387 e. The highest BCUT2D eigenvalue weighted by Crippen LogP contribution is 2.58. The molecule has 2 heterocycles. The first-order valence-electron chi connectivity index (χ1n) is 13.8. The number of β-lactam (4-membered cyclic amide) rings is 1. The van der Waals surface area contributed by atoms with Crippen LogP contribution in [0.3, 0.4) is 0 Å². The van der Waals surface area contributed by atoms with Crippen LogP contribution in [0.25, 0.3) is 0 Å². The standard InChI is InChI=1S/C33H39N3O2SSi/c1-32(2,3)40(5,6)36-30(38)28(29(37)24-22-34-35(4)23-24)31(36)39-33(25-16-10-7-11-17-25,26-18-12-8-13-19-26)27-20-14-9-15-21-27/h7-23,28-29,31,37H,1-6H3. The van der Waals surface area contributed by atoms with Crippen LogP contribution >= 0.6 is 11.8 Å². The van der Waals surface area contributed by atoms with Crippen LogP contribution < -0.4 is 0 Å². The topological polar surface area (TPSA) is 58.4 Å². The maximum Gasteiger partial charge on any atom is 0.224 e. The van der Waals surface area contributed by atoms with E-state index in [2.05, 4.69) is 116 Å². The molecule has 3 atom stereocenters. The van der Waals surface area contributed by atoms with Crippen molar-refractivity contribution in [2.24, 2.45) is 13.0 Å². The van der Waals surface area contributed by atoms with Crippen molar-refractivity contribution in [2.75, 3.05) is 0 Å². The fourth-order valence-electron chi connectivity index (χ4n) is 5.56. The van der Waals surface area contributed by atoms with Crippen LogP contribution in [0.1, 0.15) is 49.1 Å². The Kier molecular flexibility index (Phi) is 7.59. The molecule has 1 aromatic heterocycles. The third kappa shape index (κ3) is 4.74. The van der Waals surface area contributed by atoms with Crippen molar-refractivity contribution in [2.45, 2.75) is 55.1 Å². The Morgan fingerprint density at radius 3 is 1.68 bits per heavy atom. The number of aryl methyl sites for hydroxylation is 1. The molecule has 208 valence electrons. The molecule has 0 bridgehead atoms. The van der Waals surface area contributed by atoms with Gasteiger partial charge in [0.2, 0.25) is 5.91 Å². The van der Waals surface area contributed by atoms with Crippen LogP contribution in [0.2, 0.25) is 18.1 Å². The van der Waals surface area contributed by atoms with Gasteiger partial charge in [0.15, 0.2) is 8.24 Å². The second-order valence-corrected chi connectivity index (χ2v) is 18.7. The van der Waals surface area contributed by atoms with Gasteiger partial charge in [0.05, 0.1) is 28.3 Å². The summed E-state index contributed by atoms with van der Waals surface area (Å²) < 4.78 is 3.23. The van der Waals surface area contributed by atoms with E-state index < -0.39 is 25.0 Å². The Bertz CT molecular complexity index is 1350. The Labute approximate surface area is 243 Å². The monoisotopic (exact) mass is 569 g/mol. The minimum atomic E-state index is -2.30. The molecular weight excluding hydrogens is 531 g/mol. The van der Waals surface area contributed by atoms with E-state index in [0.717, 1.165) is 16.7 Å². The lowest BCUT2D eigenvalue weighted by Crippen LogP contribution is -2.73. The van der Waals surface area contributed by atoms with Crippen LogP contribution in [0.5, 0.6) is 0 Å². The lowest BCUT2D eigenvalue weighted by Gasteiger charge is -2.60. The van der Waals surface area contributed by atoms with E-state index in [0.29, 0.717) is 5.56 Å². The minimum Gasteiger partial charge on any atom is -0.387 e. The van der Waals surface area contributed by atoms with Crippen LogP contribution in [0.15, 0.2) is 103 Å². The molecule has 5 rings (SSSR count). The van der Waals surface area contributed by atoms with Gasteiger partial charge in [-0.1, -0.05) is 125 Å². The molecule has 1 amide bonds. The summed E-state index contributed by atoms with van der Waals surface area (Å²) in [6.45, 7) is 11.3. The molecule has 1 fully saturated rings. The number of thioether (sulfide) groups is 1. The van der Waals surface area contributed by atoms with E-state index in [4.69, 9.17) is 0 Å². The van der Waals surface area contributed by atoms with Gasteiger partial charge in [-0.2, -0.15) is 5.10 Å². The molecule has 1 aliphatic heterocycles. The van der Waals surface area contributed by atoms with Gasteiger partial charge in [0, 0.05) is 18.8 Å². The van der Waals surface area contributed by atoms with Crippen LogP contribution in [0.4, 0.5) is 0 Å². The molecule has 3 unspecified atom stereocenters. The highest BCUT2D eigenvalue weighted by atomic mass is 32.2. The van der Waals surface area contributed by atoms with Crippen molar-refractivity contribution in [1.82, 2.24) is 14.3 Å². The fraction of sp³-hybridized carbons (Fsp3) is 0.333. The van der Waals surface area contributed by atoms with E-state index >= 15 is 0 Å². The number of rotatable bonds is 8. The predicted octanol–water partition coefficient (Wildman–Crippen LogP) is 6.97. The summed E-state index contributed by atoms with van der Waals surface area (Å²) in [7, 11) is -0.471. The van der Waals surface area contributed by atoms with Crippen molar-refractivity contribution in [3.05, 3.63) is 126 Å². The van der Waals surface area contributed by atoms with Gasteiger partial charge in [0.25, 0.3) is 0 Å². The van der Waals surface area contributed by atoms with E-state index in [1.807, 2.05) is 31.4 Å². The highest BCUT2D eigenvalue weighted by Gasteiger charge is 2.62. The zero-order valence-electron chi connectivity index (χ0n) is 24.2. The molecular formula is C33H39N3O2SSi. The molecule has 4 aromatic rings. The number of carbonyl (C=O) groups excluding carboxylic acids is 1. The maximum absolute atomic E-state index is 14.1. The number of hydrogen-bond donors (Lipinski definition) is 1. The van der Waals surface area contributed by atoms with Gasteiger partial charge in [-0.15, -0.1) is 11.8 Å². The van der Waals surface area contributed by atoms with Crippen LogP contribution in [-0.2, 0) is 16.6 Å². The van der Waals surface area contributed by atoms with Crippen molar-refractivity contribution < 1.29 is 9.90 Å². The maximum atomic E-state index is 14.1. The third-order valence-electron chi connectivity index (χ3n) is 8.77. The smallest absolute Gasteiger partial charge is 0.224 e. The van der Waals surface area contributed by atoms with E-state index in [1.165, 1.54) is 0 Å². The highest BCUT2D eigenvalue weighted by molar-refractivity contribution is 8.01. The summed E-state index contributed by atoms with van der Waals surface area (Å²) in [5.41, 5.74) is 4.09. The molecule has 0 aliphatic carbocycles. The first kappa shape index (κ1) is 28.4. The normalized spacial score (nSPS) is 18.9. The number of aliphatic hydroxyl groups is 1. The molecule has 1 N–H and O–H groups in total. The van der Waals surface area contributed by atoms with Crippen molar-refractivity contribution in [3.8, 4) is 0 Å². The zero-order chi connectivity index (χ0) is 28.7. The lowest BCUT2D eigenvalue weighted by molar-refractivity contribution is -0.150. The Hall–Kier alpha value is -3.13. The second-order valence-electron chi connectivity index (χ2n) is 12.2. The quantitative estimate of drug-likeness (QED) is 0.141. The molecule has 1 saturated heterocycles. The first-order valence-corrected chi connectivity index (χ1v) is 17.7. The van der Waals surface area contributed by atoms with Crippen LogP contribution in [0, 0.1) is 5.92 Å². The molecule has 5 nitrogen and oxygen atoms in total. The average Bonchev–Trinajstić information content (AvgIpc) is 3.38. The van der Waals surface area contributed by atoms with Gasteiger partial charge >= 0.3 is 0 Å². The Morgan fingerprint density at radius 1 is 0.850 bits per heavy atom. The fourth-order valence-corrected chi connectivity index (χ4v) is 10.5. The van der Waals surface area contributed by atoms with Gasteiger partial charge in [0.1, 0.15) is 0 Å². The number of nitrogens with zero attached hydrogens (tertiary/aromatic N) is 3. The van der Waals surface area contributed by atoms with E-state index in [-0.39, 0.29) is 16.3 Å². The number of carbonyl (C=O) groups is 1. The molecule has 1 aliphatic rings. The van der Waals surface area contributed by atoms with Crippen molar-refractivity contribution in [1.29, 1.82) is 0 Å². The number of amides is 1. The summed E-state index contributed by atoms with van der Waals surface area (Å²) in [5.74, 6) is -0.553. The second kappa shape index (κ2) is 10.7. The molecule has 3 aromatic carbocycles. The summed E-state index contributed by atoms with van der Waals surface area (Å²) in [6.07, 6.45) is 2.54. The summed E-state index contributed by atoms with van der Waals surface area (Å²) in [6, 6.07) is 31.7. The Morgan fingerprint density at radius 2 is 1.30 bits per heavy atom. The molecule has 40 heavy (non-hydrogen) atoms. The van der Waals surface area contributed by atoms with E-state index in [1.54, 1.807) is 22.6 Å².